The topological polar surface area (TPSA) is 90.9 Å². The lowest BCUT2D eigenvalue weighted by atomic mass is 9.86. The Morgan fingerprint density at radius 1 is 1.15 bits per heavy atom. The summed E-state index contributed by atoms with van der Waals surface area (Å²) >= 11 is 0. The first-order valence-electron chi connectivity index (χ1n) is 9.94. The fraction of sp³-hybridized carbons (Fsp3) is 0.947. The summed E-state index contributed by atoms with van der Waals surface area (Å²) in [5.41, 5.74) is -0.0698. The van der Waals surface area contributed by atoms with Gasteiger partial charge in [0.15, 0.2) is 0 Å². The number of amides is 1. The first kappa shape index (κ1) is 24.2. The molecule has 1 atom stereocenters. The molecule has 0 aromatic carbocycles. The van der Waals surface area contributed by atoms with Crippen LogP contribution in [0, 0.1) is 5.41 Å². The Hall–Kier alpha value is -0.860. The molecule has 8 heteroatoms. The van der Waals surface area contributed by atoms with Crippen LogP contribution in [0.2, 0.25) is 0 Å². The number of alkyl carbamates (subject to hydrolysis) is 1. The second-order valence-corrected chi connectivity index (χ2v) is 10.1. The molecular formula is C19H37NO6S. The molecule has 1 amide bonds. The molecule has 0 spiro atoms. The molecule has 1 fully saturated rings. The molecule has 1 aliphatic rings. The van der Waals surface area contributed by atoms with E-state index in [0.29, 0.717) is 13.0 Å². The maximum Gasteiger partial charge on any atom is 0.407 e. The highest BCUT2D eigenvalue weighted by Crippen LogP contribution is 2.27. The Labute approximate surface area is 164 Å². The standard InChI is InChI=1S/C19H37NO6S/c1-6-8-17(19(2,3)4)26-18(21)20-15-9-11-16(12-10-15)24-13-7-14-25-27(5,22)23/h15-17H,6-14H2,1-5H3,(H,20,21)/t15-,16-,17?. The van der Waals surface area contributed by atoms with Crippen LogP contribution in [0.25, 0.3) is 0 Å². The van der Waals surface area contributed by atoms with Crippen molar-refractivity contribution in [1.29, 1.82) is 0 Å². The summed E-state index contributed by atoms with van der Waals surface area (Å²) in [4.78, 5) is 12.2. The third kappa shape index (κ3) is 10.9. The lowest BCUT2D eigenvalue weighted by Gasteiger charge is -2.32. The van der Waals surface area contributed by atoms with Gasteiger partial charge in [0.05, 0.1) is 19.0 Å². The van der Waals surface area contributed by atoms with E-state index in [-0.39, 0.29) is 36.4 Å². The Morgan fingerprint density at radius 2 is 1.78 bits per heavy atom. The van der Waals surface area contributed by atoms with Gasteiger partial charge in [-0.15, -0.1) is 0 Å². The van der Waals surface area contributed by atoms with Crippen LogP contribution in [0.5, 0.6) is 0 Å². The van der Waals surface area contributed by atoms with E-state index in [2.05, 4.69) is 37.2 Å². The van der Waals surface area contributed by atoms with E-state index in [1.807, 2.05) is 0 Å². The number of hydrogen-bond acceptors (Lipinski definition) is 6. The van der Waals surface area contributed by atoms with Gasteiger partial charge in [0.2, 0.25) is 0 Å². The molecule has 1 N–H and O–H groups in total. The summed E-state index contributed by atoms with van der Waals surface area (Å²) in [5, 5.41) is 2.99. The molecule has 160 valence electrons. The molecule has 1 saturated carbocycles. The van der Waals surface area contributed by atoms with Crippen molar-refractivity contribution in [3.05, 3.63) is 0 Å². The second-order valence-electron chi connectivity index (χ2n) is 8.42. The van der Waals surface area contributed by atoms with Crippen molar-refractivity contribution >= 4 is 16.2 Å². The van der Waals surface area contributed by atoms with Crippen molar-refractivity contribution in [2.24, 2.45) is 5.41 Å². The van der Waals surface area contributed by atoms with E-state index in [1.54, 1.807) is 0 Å². The number of carbonyl (C=O) groups is 1. The van der Waals surface area contributed by atoms with E-state index in [4.69, 9.17) is 9.47 Å². The fourth-order valence-electron chi connectivity index (χ4n) is 3.15. The zero-order valence-electron chi connectivity index (χ0n) is 17.5. The average molecular weight is 408 g/mol. The third-order valence-corrected chi connectivity index (χ3v) is 5.30. The van der Waals surface area contributed by atoms with Crippen LogP contribution in [0.4, 0.5) is 4.79 Å². The number of hydrogen-bond donors (Lipinski definition) is 1. The van der Waals surface area contributed by atoms with Gasteiger partial charge in [0.1, 0.15) is 6.10 Å². The van der Waals surface area contributed by atoms with E-state index in [0.717, 1.165) is 44.8 Å². The fourth-order valence-corrected chi connectivity index (χ4v) is 3.57. The molecule has 0 saturated heterocycles. The summed E-state index contributed by atoms with van der Waals surface area (Å²) in [7, 11) is -3.38. The Bertz CT molecular complexity index is 535. The molecule has 0 aliphatic heterocycles. The summed E-state index contributed by atoms with van der Waals surface area (Å²) in [6, 6.07) is 0.119. The Balaban J connectivity index is 2.23. The zero-order chi connectivity index (χ0) is 20.5. The minimum Gasteiger partial charge on any atom is -0.446 e. The summed E-state index contributed by atoms with van der Waals surface area (Å²) < 4.78 is 37.9. The molecule has 0 aromatic rings. The zero-order valence-corrected chi connectivity index (χ0v) is 18.3. The van der Waals surface area contributed by atoms with Gasteiger partial charge in [0.25, 0.3) is 10.1 Å². The third-order valence-electron chi connectivity index (χ3n) is 4.70. The smallest absolute Gasteiger partial charge is 0.407 e. The SMILES string of the molecule is CCCC(OC(=O)N[C@H]1CC[C@H](OCCCOS(C)(=O)=O)CC1)C(C)(C)C. The maximum atomic E-state index is 12.2. The highest BCUT2D eigenvalue weighted by molar-refractivity contribution is 7.85. The van der Waals surface area contributed by atoms with Crippen LogP contribution in [0.3, 0.4) is 0 Å². The van der Waals surface area contributed by atoms with Crippen LogP contribution < -0.4 is 5.32 Å². The van der Waals surface area contributed by atoms with E-state index < -0.39 is 10.1 Å². The predicted octanol–water partition coefficient (Wildman–Crippen LogP) is 3.62. The molecule has 27 heavy (non-hydrogen) atoms. The molecule has 0 aromatic heterocycles. The largest absolute Gasteiger partial charge is 0.446 e. The molecule has 1 rings (SSSR count). The first-order valence-corrected chi connectivity index (χ1v) is 11.8. The minimum atomic E-state index is -3.38. The molecule has 0 heterocycles. The van der Waals surface area contributed by atoms with E-state index >= 15 is 0 Å². The number of carbonyl (C=O) groups excluding carboxylic acids is 1. The quantitative estimate of drug-likeness (QED) is 0.439. The molecule has 1 aliphatic carbocycles. The van der Waals surface area contributed by atoms with Gasteiger partial charge in [-0.1, -0.05) is 34.1 Å². The van der Waals surface area contributed by atoms with Crippen molar-refractivity contribution in [3.63, 3.8) is 0 Å². The van der Waals surface area contributed by atoms with Crippen LogP contribution in [-0.2, 0) is 23.8 Å². The highest BCUT2D eigenvalue weighted by atomic mass is 32.2. The molecular weight excluding hydrogens is 370 g/mol. The lowest BCUT2D eigenvalue weighted by molar-refractivity contribution is 0.00919. The number of ether oxygens (including phenoxy) is 2. The Kier molecular flexibility index (Phi) is 10.0. The van der Waals surface area contributed by atoms with Gasteiger partial charge in [-0.05, 0) is 43.9 Å². The highest BCUT2D eigenvalue weighted by Gasteiger charge is 2.29. The molecule has 0 radical (unpaired) electrons. The first-order chi connectivity index (χ1) is 12.5. The van der Waals surface area contributed by atoms with Crippen LogP contribution in [0.1, 0.15) is 72.6 Å². The summed E-state index contributed by atoms with van der Waals surface area (Å²) in [6.45, 7) is 8.98. The predicted molar refractivity (Wildman–Crippen MR) is 105 cm³/mol. The monoisotopic (exact) mass is 407 g/mol. The summed E-state index contributed by atoms with van der Waals surface area (Å²) in [6.07, 6.45) is 6.61. The van der Waals surface area contributed by atoms with Crippen molar-refractivity contribution in [3.8, 4) is 0 Å². The van der Waals surface area contributed by atoms with Gasteiger partial charge >= 0.3 is 6.09 Å². The number of rotatable bonds is 10. The second kappa shape index (κ2) is 11.2. The molecule has 0 bridgehead atoms. The van der Waals surface area contributed by atoms with Gasteiger partial charge < -0.3 is 14.8 Å². The maximum absolute atomic E-state index is 12.2. The number of nitrogens with one attached hydrogen (secondary N) is 1. The summed E-state index contributed by atoms with van der Waals surface area (Å²) in [5.74, 6) is 0. The van der Waals surface area contributed by atoms with Crippen molar-refractivity contribution in [2.75, 3.05) is 19.5 Å². The van der Waals surface area contributed by atoms with Gasteiger partial charge in [-0.2, -0.15) is 8.42 Å². The van der Waals surface area contributed by atoms with Crippen LogP contribution in [0.15, 0.2) is 0 Å². The van der Waals surface area contributed by atoms with Crippen molar-refractivity contribution in [1.82, 2.24) is 5.32 Å². The van der Waals surface area contributed by atoms with Crippen molar-refractivity contribution < 1.29 is 26.9 Å². The van der Waals surface area contributed by atoms with Gasteiger partial charge in [-0.3, -0.25) is 4.18 Å². The van der Waals surface area contributed by atoms with E-state index in [1.165, 1.54) is 0 Å². The average Bonchev–Trinajstić information content (AvgIpc) is 2.54. The lowest BCUT2D eigenvalue weighted by Crippen LogP contribution is -2.42. The van der Waals surface area contributed by atoms with Crippen LogP contribution >= 0.6 is 0 Å². The van der Waals surface area contributed by atoms with Crippen LogP contribution in [-0.4, -0.2) is 52.2 Å². The molecule has 7 nitrogen and oxygen atoms in total. The van der Waals surface area contributed by atoms with Gasteiger partial charge in [0, 0.05) is 12.6 Å². The van der Waals surface area contributed by atoms with Gasteiger partial charge in [-0.25, -0.2) is 4.79 Å². The molecule has 1 unspecified atom stereocenters. The van der Waals surface area contributed by atoms with E-state index in [9.17, 15) is 13.2 Å². The normalized spacial score (nSPS) is 22.3. The minimum absolute atomic E-state index is 0.0698. The Morgan fingerprint density at radius 3 is 2.30 bits per heavy atom. The van der Waals surface area contributed by atoms with Crippen molar-refractivity contribution in [2.45, 2.75) is 90.9 Å².